The molecule has 1 aromatic carbocycles. The zero-order valence-electron chi connectivity index (χ0n) is 19.1. The maximum atomic E-state index is 13.8. The van der Waals surface area contributed by atoms with E-state index in [0.717, 1.165) is 0 Å². The number of nitrogens with zero attached hydrogens (tertiary/aromatic N) is 5. The summed E-state index contributed by atoms with van der Waals surface area (Å²) in [6.07, 6.45) is -2.85. The fraction of sp³-hybridized carbons (Fsp3) is 0.304. The molecule has 9 nitrogen and oxygen atoms in total. The second-order valence-corrected chi connectivity index (χ2v) is 8.75. The van der Waals surface area contributed by atoms with Crippen LogP contribution < -0.4 is 10.9 Å². The second kappa shape index (κ2) is 8.21. The van der Waals surface area contributed by atoms with Crippen molar-refractivity contribution in [3.8, 4) is 11.5 Å². The molecular formula is C23H19F4N7O2. The zero-order valence-corrected chi connectivity index (χ0v) is 19.1. The molecule has 0 bridgehead atoms. The number of anilines is 1. The molecule has 1 amide bonds. The number of nitrogens with one attached hydrogen (secondary N) is 2. The molecule has 2 N–H and O–H groups in total. The molecule has 186 valence electrons. The van der Waals surface area contributed by atoms with E-state index in [2.05, 4.69) is 30.4 Å². The molecule has 3 aromatic heterocycles. The Morgan fingerprint density at radius 1 is 1.17 bits per heavy atom. The van der Waals surface area contributed by atoms with Gasteiger partial charge < -0.3 is 10.3 Å². The molecule has 0 radical (unpaired) electrons. The standard InChI is InChI=1S/C23H19F4N7O2/c1-11-8-12(5-6-13(11)24)22(2)16-18(33-21(22)36)31-17(32-20(16)35)15-9-34-19(28-10-29-34)14(30-15)4-3-7-23(25,26)27/h5-6,8-10H,3-4,7H2,1-2H3,(H2,31,32,33,35,36). The van der Waals surface area contributed by atoms with Crippen molar-refractivity contribution in [2.75, 3.05) is 5.32 Å². The quantitative estimate of drug-likeness (QED) is 0.405. The van der Waals surface area contributed by atoms with Crippen molar-refractivity contribution in [1.29, 1.82) is 0 Å². The molecule has 0 fully saturated rings. The fourth-order valence-electron chi connectivity index (χ4n) is 4.36. The van der Waals surface area contributed by atoms with Gasteiger partial charge in [0.1, 0.15) is 29.1 Å². The largest absolute Gasteiger partial charge is 0.389 e. The molecule has 0 aliphatic carbocycles. The molecular weight excluding hydrogens is 482 g/mol. The summed E-state index contributed by atoms with van der Waals surface area (Å²) in [6.45, 7) is 3.11. The van der Waals surface area contributed by atoms with Crippen molar-refractivity contribution in [1.82, 2.24) is 29.5 Å². The average molecular weight is 501 g/mol. The first kappa shape index (κ1) is 23.6. The summed E-state index contributed by atoms with van der Waals surface area (Å²) in [5.41, 5.74) is -0.545. The number of aryl methyl sites for hydroxylation is 2. The maximum Gasteiger partial charge on any atom is 0.389 e. The van der Waals surface area contributed by atoms with Crippen LogP contribution in [0.5, 0.6) is 0 Å². The first-order valence-electron chi connectivity index (χ1n) is 11.0. The average Bonchev–Trinajstić information content (AvgIpc) is 3.37. The van der Waals surface area contributed by atoms with Crippen LogP contribution in [0.25, 0.3) is 17.2 Å². The maximum absolute atomic E-state index is 13.8. The lowest BCUT2D eigenvalue weighted by atomic mass is 9.77. The Kier molecular flexibility index (Phi) is 5.38. The highest BCUT2D eigenvalue weighted by Gasteiger charge is 2.48. The van der Waals surface area contributed by atoms with E-state index in [0.29, 0.717) is 11.1 Å². The third-order valence-electron chi connectivity index (χ3n) is 6.29. The van der Waals surface area contributed by atoms with Gasteiger partial charge in [0.05, 0.1) is 17.5 Å². The summed E-state index contributed by atoms with van der Waals surface area (Å²) in [6, 6.07) is 4.18. The minimum absolute atomic E-state index is 0.00643. The number of halogens is 4. The highest BCUT2D eigenvalue weighted by molar-refractivity contribution is 6.07. The van der Waals surface area contributed by atoms with Crippen molar-refractivity contribution >= 4 is 17.4 Å². The van der Waals surface area contributed by atoms with Crippen LogP contribution >= 0.6 is 0 Å². The molecule has 36 heavy (non-hydrogen) atoms. The van der Waals surface area contributed by atoms with Gasteiger partial charge in [-0.25, -0.2) is 23.9 Å². The third kappa shape index (κ3) is 3.89. The smallest absolute Gasteiger partial charge is 0.309 e. The number of aromatic nitrogens is 6. The second-order valence-electron chi connectivity index (χ2n) is 8.75. The molecule has 13 heteroatoms. The number of aromatic amines is 1. The van der Waals surface area contributed by atoms with Gasteiger partial charge in [0.2, 0.25) is 5.91 Å². The minimum Gasteiger partial charge on any atom is -0.309 e. The minimum atomic E-state index is -4.30. The van der Waals surface area contributed by atoms with Crippen LogP contribution in [0.4, 0.5) is 23.4 Å². The number of H-pyrrole nitrogens is 1. The van der Waals surface area contributed by atoms with Crippen LogP contribution in [0.1, 0.15) is 42.1 Å². The Bertz CT molecular complexity index is 1580. The lowest BCUT2D eigenvalue weighted by Gasteiger charge is -2.22. The summed E-state index contributed by atoms with van der Waals surface area (Å²) < 4.78 is 53.1. The number of rotatable bonds is 5. The van der Waals surface area contributed by atoms with Gasteiger partial charge in [0.25, 0.3) is 5.56 Å². The Labute approximate surface area is 200 Å². The van der Waals surface area contributed by atoms with Gasteiger partial charge in [-0.2, -0.15) is 18.3 Å². The van der Waals surface area contributed by atoms with E-state index in [-0.39, 0.29) is 47.1 Å². The van der Waals surface area contributed by atoms with Crippen molar-refractivity contribution in [2.24, 2.45) is 0 Å². The number of carbonyl (C=O) groups is 1. The van der Waals surface area contributed by atoms with E-state index in [9.17, 15) is 27.2 Å². The topological polar surface area (TPSA) is 118 Å². The Balaban J connectivity index is 1.57. The van der Waals surface area contributed by atoms with E-state index in [1.807, 2.05) is 0 Å². The molecule has 0 saturated carbocycles. The lowest BCUT2D eigenvalue weighted by Crippen LogP contribution is -2.36. The number of hydrogen-bond acceptors (Lipinski definition) is 6. The van der Waals surface area contributed by atoms with E-state index in [4.69, 9.17) is 0 Å². The predicted octanol–water partition coefficient (Wildman–Crippen LogP) is 3.47. The SMILES string of the molecule is Cc1cc(C2(C)C(=O)Nc3nc(-c4cn5ncnc5c(CCCC(F)(F)F)n4)[nH]c(=O)c32)ccc1F. The van der Waals surface area contributed by atoms with Crippen molar-refractivity contribution in [3.63, 3.8) is 0 Å². The molecule has 1 aliphatic rings. The molecule has 4 aromatic rings. The van der Waals surface area contributed by atoms with Crippen LogP contribution in [0, 0.1) is 12.7 Å². The van der Waals surface area contributed by atoms with E-state index in [1.54, 1.807) is 13.8 Å². The molecule has 1 atom stereocenters. The van der Waals surface area contributed by atoms with Crippen LogP contribution in [0.2, 0.25) is 0 Å². The summed E-state index contributed by atoms with van der Waals surface area (Å²) in [5, 5.41) is 6.65. The number of carbonyl (C=O) groups excluding carboxylic acids is 1. The number of hydrogen-bond donors (Lipinski definition) is 2. The third-order valence-corrected chi connectivity index (χ3v) is 6.29. The number of alkyl halides is 3. The van der Waals surface area contributed by atoms with Gasteiger partial charge in [-0.05, 0) is 43.9 Å². The van der Waals surface area contributed by atoms with Gasteiger partial charge in [0, 0.05) is 6.42 Å². The molecule has 0 spiro atoms. The van der Waals surface area contributed by atoms with E-state index < -0.39 is 35.3 Å². The zero-order chi connectivity index (χ0) is 25.8. The molecule has 5 rings (SSSR count). The highest BCUT2D eigenvalue weighted by Crippen LogP contribution is 2.40. The van der Waals surface area contributed by atoms with Gasteiger partial charge in [-0.15, -0.1) is 0 Å². The Hall–Kier alpha value is -4.16. The van der Waals surface area contributed by atoms with Gasteiger partial charge in [-0.1, -0.05) is 12.1 Å². The normalized spacial score (nSPS) is 17.4. The lowest BCUT2D eigenvalue weighted by molar-refractivity contribution is -0.135. The highest BCUT2D eigenvalue weighted by atomic mass is 19.4. The molecule has 0 saturated heterocycles. The van der Waals surface area contributed by atoms with Gasteiger partial charge in [-0.3, -0.25) is 9.59 Å². The van der Waals surface area contributed by atoms with Crippen molar-refractivity contribution in [3.05, 3.63) is 69.3 Å². The first-order chi connectivity index (χ1) is 17.0. The number of amides is 1. The molecule has 4 heterocycles. The number of fused-ring (bicyclic) bond motifs is 2. The van der Waals surface area contributed by atoms with E-state index >= 15 is 0 Å². The Morgan fingerprint density at radius 3 is 2.67 bits per heavy atom. The summed E-state index contributed by atoms with van der Waals surface area (Å²) in [5.74, 6) is -0.939. The van der Waals surface area contributed by atoms with Crippen molar-refractivity contribution < 1.29 is 22.4 Å². The van der Waals surface area contributed by atoms with Crippen LogP contribution in [-0.4, -0.2) is 41.6 Å². The van der Waals surface area contributed by atoms with Gasteiger partial charge in [0.15, 0.2) is 11.5 Å². The molecule has 1 aliphatic heterocycles. The van der Waals surface area contributed by atoms with E-state index in [1.165, 1.54) is 35.2 Å². The summed E-state index contributed by atoms with van der Waals surface area (Å²) in [4.78, 5) is 41.7. The number of benzene rings is 1. The van der Waals surface area contributed by atoms with Crippen LogP contribution in [0.15, 0.2) is 35.5 Å². The van der Waals surface area contributed by atoms with Crippen molar-refractivity contribution in [2.45, 2.75) is 44.7 Å². The monoisotopic (exact) mass is 501 g/mol. The fourth-order valence-corrected chi connectivity index (χ4v) is 4.36. The summed E-state index contributed by atoms with van der Waals surface area (Å²) >= 11 is 0. The Morgan fingerprint density at radius 2 is 1.94 bits per heavy atom. The van der Waals surface area contributed by atoms with Crippen LogP contribution in [-0.2, 0) is 16.6 Å². The first-order valence-corrected chi connectivity index (χ1v) is 11.0. The van der Waals surface area contributed by atoms with Gasteiger partial charge >= 0.3 is 6.18 Å². The predicted molar refractivity (Wildman–Crippen MR) is 120 cm³/mol. The summed E-state index contributed by atoms with van der Waals surface area (Å²) in [7, 11) is 0. The molecule has 1 unspecified atom stereocenters. The van der Waals surface area contributed by atoms with Crippen LogP contribution in [0.3, 0.4) is 0 Å².